The quantitative estimate of drug-likeness (QED) is 0.849. The van der Waals surface area contributed by atoms with E-state index in [1.54, 1.807) is 0 Å². The maximum Gasteiger partial charge on any atom is 0.255 e. The Labute approximate surface area is 151 Å². The van der Waals surface area contributed by atoms with Gasteiger partial charge in [-0.3, -0.25) is 9.89 Å². The van der Waals surface area contributed by atoms with Gasteiger partial charge in [-0.25, -0.2) is 8.42 Å². The predicted octanol–water partition coefficient (Wildman–Crippen LogP) is 2.74. The van der Waals surface area contributed by atoms with Crippen LogP contribution in [0.15, 0.2) is 35.5 Å². The number of sulfonamides is 1. The second-order valence-electron chi connectivity index (χ2n) is 6.20. The van der Waals surface area contributed by atoms with E-state index in [-0.39, 0.29) is 15.5 Å². The molecule has 2 heterocycles. The summed E-state index contributed by atoms with van der Waals surface area (Å²) in [7, 11) is -3.74. The van der Waals surface area contributed by atoms with Gasteiger partial charge < -0.3 is 5.32 Å². The number of H-pyrrole nitrogens is 1. The van der Waals surface area contributed by atoms with Crippen molar-refractivity contribution in [3.8, 4) is 0 Å². The van der Waals surface area contributed by atoms with Gasteiger partial charge in [0.15, 0.2) is 0 Å². The molecule has 25 heavy (non-hydrogen) atoms. The number of amides is 1. The normalized spacial score (nSPS) is 18.9. The molecule has 1 amide bonds. The summed E-state index contributed by atoms with van der Waals surface area (Å²) in [5.74, 6) is -0.128. The molecule has 9 heteroatoms. The Morgan fingerprint density at radius 1 is 1.44 bits per heavy atom. The van der Waals surface area contributed by atoms with Gasteiger partial charge in [-0.15, -0.1) is 0 Å². The number of piperidine rings is 1. The predicted molar refractivity (Wildman–Crippen MR) is 95.1 cm³/mol. The van der Waals surface area contributed by atoms with E-state index in [9.17, 15) is 13.2 Å². The molecule has 0 aliphatic carbocycles. The summed E-state index contributed by atoms with van der Waals surface area (Å²) >= 11 is 6.13. The standard InChI is InChI=1S/C16H19ClN4O3S/c1-11-3-2-6-21(10-11)25(23,24)15-7-12(4-5-14(15)17)16(22)20-13-8-18-19-9-13/h4-5,7-9,11H,2-3,6,10H2,1H3,(H,18,19)(H,20,22). The van der Waals surface area contributed by atoms with Crippen molar-refractivity contribution in [1.82, 2.24) is 14.5 Å². The molecule has 1 aromatic heterocycles. The first-order valence-electron chi connectivity index (χ1n) is 7.98. The summed E-state index contributed by atoms with van der Waals surface area (Å²) < 4.78 is 27.3. The Morgan fingerprint density at radius 2 is 2.24 bits per heavy atom. The maximum atomic E-state index is 12.9. The number of nitrogens with zero attached hydrogens (tertiary/aromatic N) is 2. The molecule has 1 fully saturated rings. The summed E-state index contributed by atoms with van der Waals surface area (Å²) in [5.41, 5.74) is 0.712. The van der Waals surface area contributed by atoms with E-state index in [0.29, 0.717) is 24.7 Å². The Morgan fingerprint density at radius 3 is 2.92 bits per heavy atom. The smallest absolute Gasteiger partial charge is 0.255 e. The average molecular weight is 383 g/mol. The third-order valence-corrected chi connectivity index (χ3v) is 6.53. The number of rotatable bonds is 4. The van der Waals surface area contributed by atoms with Crippen LogP contribution < -0.4 is 5.32 Å². The van der Waals surface area contributed by atoms with E-state index in [2.05, 4.69) is 15.5 Å². The zero-order valence-corrected chi connectivity index (χ0v) is 15.3. The molecule has 0 saturated carbocycles. The molecule has 0 bridgehead atoms. The fraction of sp³-hybridized carbons (Fsp3) is 0.375. The van der Waals surface area contributed by atoms with Crippen LogP contribution in [-0.2, 0) is 10.0 Å². The molecule has 0 radical (unpaired) electrons. The van der Waals surface area contributed by atoms with Crippen LogP contribution in [0, 0.1) is 5.92 Å². The minimum atomic E-state index is -3.74. The zero-order valence-electron chi connectivity index (χ0n) is 13.7. The summed E-state index contributed by atoms with van der Waals surface area (Å²) in [6.45, 7) is 2.95. The SMILES string of the molecule is CC1CCCN(S(=O)(=O)c2cc(C(=O)Nc3cn[nH]c3)ccc2Cl)C1. The van der Waals surface area contributed by atoms with Crippen molar-refractivity contribution in [2.75, 3.05) is 18.4 Å². The van der Waals surface area contributed by atoms with Crippen LogP contribution in [0.3, 0.4) is 0 Å². The molecule has 1 unspecified atom stereocenters. The van der Waals surface area contributed by atoms with E-state index in [0.717, 1.165) is 12.8 Å². The third kappa shape index (κ3) is 3.86. The van der Waals surface area contributed by atoms with Gasteiger partial charge in [-0.2, -0.15) is 9.40 Å². The van der Waals surface area contributed by atoms with E-state index in [1.165, 1.54) is 34.9 Å². The molecule has 1 atom stereocenters. The number of benzene rings is 1. The lowest BCUT2D eigenvalue weighted by Gasteiger charge is -2.30. The lowest BCUT2D eigenvalue weighted by molar-refractivity contribution is 0.102. The molecule has 1 aliphatic heterocycles. The van der Waals surface area contributed by atoms with Gasteiger partial charge in [0, 0.05) is 24.8 Å². The maximum absolute atomic E-state index is 12.9. The molecule has 3 rings (SSSR count). The van der Waals surface area contributed by atoms with Gasteiger partial charge in [0.2, 0.25) is 10.0 Å². The molecule has 1 aromatic carbocycles. The first-order chi connectivity index (χ1) is 11.9. The molecule has 7 nitrogen and oxygen atoms in total. The summed E-state index contributed by atoms with van der Waals surface area (Å²) in [6, 6.07) is 4.26. The second-order valence-corrected chi connectivity index (χ2v) is 8.51. The van der Waals surface area contributed by atoms with Gasteiger partial charge in [0.25, 0.3) is 5.91 Å². The number of carbonyl (C=O) groups excluding carboxylic acids is 1. The topological polar surface area (TPSA) is 95.2 Å². The monoisotopic (exact) mass is 382 g/mol. The number of halogens is 1. The van der Waals surface area contributed by atoms with Crippen molar-refractivity contribution in [3.05, 3.63) is 41.2 Å². The first-order valence-corrected chi connectivity index (χ1v) is 9.79. The average Bonchev–Trinajstić information content (AvgIpc) is 3.08. The Hall–Kier alpha value is -1.90. The molecular formula is C16H19ClN4O3S. The van der Waals surface area contributed by atoms with Crippen molar-refractivity contribution in [2.24, 2.45) is 5.92 Å². The number of carbonyl (C=O) groups is 1. The zero-order chi connectivity index (χ0) is 18.0. The largest absolute Gasteiger partial charge is 0.319 e. The van der Waals surface area contributed by atoms with Crippen molar-refractivity contribution in [3.63, 3.8) is 0 Å². The highest BCUT2D eigenvalue weighted by molar-refractivity contribution is 7.89. The summed E-state index contributed by atoms with van der Waals surface area (Å²) in [6.07, 6.45) is 4.81. The van der Waals surface area contributed by atoms with Gasteiger partial charge >= 0.3 is 0 Å². The summed E-state index contributed by atoms with van der Waals surface area (Å²) in [5, 5.41) is 9.08. The lowest BCUT2D eigenvalue weighted by atomic mass is 10.0. The minimum absolute atomic E-state index is 0.0388. The van der Waals surface area contributed by atoms with Gasteiger partial charge in [0.05, 0.1) is 16.9 Å². The second kappa shape index (κ2) is 7.15. The first kappa shape index (κ1) is 17.9. The molecular weight excluding hydrogens is 364 g/mol. The van der Waals surface area contributed by atoms with Gasteiger partial charge in [-0.1, -0.05) is 18.5 Å². The van der Waals surface area contributed by atoms with Crippen molar-refractivity contribution in [1.29, 1.82) is 0 Å². The number of nitrogens with one attached hydrogen (secondary N) is 2. The number of anilines is 1. The van der Waals surface area contributed by atoms with Crippen molar-refractivity contribution >= 4 is 33.2 Å². The molecule has 1 aliphatic rings. The highest BCUT2D eigenvalue weighted by Gasteiger charge is 2.30. The highest BCUT2D eigenvalue weighted by Crippen LogP contribution is 2.29. The Kier molecular flexibility index (Phi) is 5.12. The molecule has 2 N–H and O–H groups in total. The Bertz CT molecular complexity index is 868. The van der Waals surface area contributed by atoms with Crippen molar-refractivity contribution < 1.29 is 13.2 Å². The Balaban J connectivity index is 1.89. The van der Waals surface area contributed by atoms with Crippen LogP contribution in [-0.4, -0.2) is 41.9 Å². The minimum Gasteiger partial charge on any atom is -0.319 e. The highest BCUT2D eigenvalue weighted by atomic mass is 35.5. The van der Waals surface area contributed by atoms with E-state index >= 15 is 0 Å². The van der Waals surface area contributed by atoms with Crippen LogP contribution in [0.4, 0.5) is 5.69 Å². The summed E-state index contributed by atoms with van der Waals surface area (Å²) in [4.78, 5) is 12.3. The number of aromatic amines is 1. The third-order valence-electron chi connectivity index (χ3n) is 4.19. The fourth-order valence-electron chi connectivity index (χ4n) is 2.87. The molecule has 2 aromatic rings. The van der Waals surface area contributed by atoms with E-state index in [4.69, 9.17) is 11.6 Å². The van der Waals surface area contributed by atoms with Gasteiger partial charge in [0.1, 0.15) is 4.90 Å². The number of hydrogen-bond acceptors (Lipinski definition) is 4. The van der Waals surface area contributed by atoms with Crippen LogP contribution >= 0.6 is 11.6 Å². The molecule has 134 valence electrons. The van der Waals surface area contributed by atoms with Crippen LogP contribution in [0.25, 0.3) is 0 Å². The number of hydrogen-bond donors (Lipinski definition) is 2. The number of aromatic nitrogens is 2. The van der Waals surface area contributed by atoms with Gasteiger partial charge in [-0.05, 0) is 37.0 Å². The van der Waals surface area contributed by atoms with Crippen LogP contribution in [0.1, 0.15) is 30.1 Å². The molecule has 0 spiro atoms. The van der Waals surface area contributed by atoms with E-state index < -0.39 is 15.9 Å². The lowest BCUT2D eigenvalue weighted by Crippen LogP contribution is -2.39. The van der Waals surface area contributed by atoms with Crippen molar-refractivity contribution in [2.45, 2.75) is 24.7 Å². The molecule has 1 saturated heterocycles. The van der Waals surface area contributed by atoms with Crippen LogP contribution in [0.2, 0.25) is 5.02 Å². The van der Waals surface area contributed by atoms with Crippen LogP contribution in [0.5, 0.6) is 0 Å². The fourth-order valence-corrected chi connectivity index (χ4v) is 4.97. The van der Waals surface area contributed by atoms with E-state index in [1.807, 2.05) is 6.92 Å².